The second-order valence-corrected chi connectivity index (χ2v) is 14.1. The molecule has 0 spiro atoms. The van der Waals surface area contributed by atoms with Crippen molar-refractivity contribution in [3.63, 3.8) is 0 Å². The van der Waals surface area contributed by atoms with Gasteiger partial charge in [-0.25, -0.2) is 53.9 Å². The largest absolute Gasteiger partial charge is 0.287 e. The van der Waals surface area contributed by atoms with E-state index in [-0.39, 0.29) is 40.9 Å². The molecule has 0 radical (unpaired) electrons. The molecule has 4 heterocycles. The number of thiazole rings is 2. The second-order valence-electron chi connectivity index (χ2n) is 9.93. The van der Waals surface area contributed by atoms with E-state index in [1.165, 1.54) is 12.1 Å². The van der Waals surface area contributed by atoms with E-state index < -0.39 is 102 Å². The number of rotatable bonds is 6. The van der Waals surface area contributed by atoms with Crippen LogP contribution in [0.25, 0.3) is 29.5 Å². The summed E-state index contributed by atoms with van der Waals surface area (Å²) in [5.41, 5.74) is -4.01. The molecule has 6 aromatic rings. The van der Waals surface area contributed by atoms with Crippen molar-refractivity contribution in [1.29, 1.82) is 0 Å². The molecule has 252 valence electrons. The fourth-order valence-electron chi connectivity index (χ4n) is 4.69. The standard InChI is InChI=1S/C30H4F10N2O4S4/c31-11-9(12(32)16(36)19(39)15(11)35)23(43)5-1-3-7(47-5)29-41-21-25(45)26(46)22-28(27(21)49-29)50-30(42-22)8-4-2-6(48-8)24(44)10-13(33)17(37)20(40)18(38)14(10)34/h1-4H. The highest BCUT2D eigenvalue weighted by atomic mass is 32.1. The topological polar surface area (TPSA) is 94.1 Å². The molecule has 50 heavy (non-hydrogen) atoms. The van der Waals surface area contributed by atoms with Crippen molar-refractivity contribution in [2.45, 2.75) is 0 Å². The molecule has 0 saturated heterocycles. The summed E-state index contributed by atoms with van der Waals surface area (Å²) in [5.74, 6) is -28.7. The van der Waals surface area contributed by atoms with Gasteiger partial charge in [0.2, 0.25) is 23.2 Å². The molecular weight excluding hydrogens is 771 g/mol. The highest BCUT2D eigenvalue weighted by molar-refractivity contribution is 7.29. The monoisotopic (exact) mass is 774 g/mol. The van der Waals surface area contributed by atoms with Crippen LogP contribution in [-0.2, 0) is 0 Å². The number of halogens is 10. The average molecular weight is 775 g/mol. The third kappa shape index (κ3) is 4.88. The average Bonchev–Trinajstić information content (AvgIpc) is 3.92. The van der Waals surface area contributed by atoms with Gasteiger partial charge in [-0.1, -0.05) is 0 Å². The zero-order valence-electron chi connectivity index (χ0n) is 23.2. The molecular formula is C30H4F10N2O4S4. The first-order valence-electron chi connectivity index (χ1n) is 13.1. The van der Waals surface area contributed by atoms with Gasteiger partial charge in [0.1, 0.15) is 32.5 Å². The zero-order valence-corrected chi connectivity index (χ0v) is 26.5. The Kier molecular flexibility index (Phi) is 7.96. The molecule has 0 fully saturated rings. The molecule has 1 aliphatic carbocycles. The quantitative estimate of drug-likeness (QED) is 0.0552. The molecule has 0 saturated carbocycles. The number of Topliss-reactive ketones (excluding diaryl/α,β-unsaturated/α-hetero) is 2. The van der Waals surface area contributed by atoms with Crippen LogP contribution in [0.5, 0.6) is 0 Å². The van der Waals surface area contributed by atoms with Crippen LogP contribution in [0.1, 0.15) is 51.4 Å². The Morgan fingerprint density at radius 3 is 1.06 bits per heavy atom. The van der Waals surface area contributed by atoms with Crippen LogP contribution >= 0.6 is 45.3 Å². The maximum Gasteiger partial charge on any atom is 0.255 e. The van der Waals surface area contributed by atoms with Gasteiger partial charge in [0.25, 0.3) is 11.6 Å². The highest BCUT2D eigenvalue weighted by Gasteiger charge is 2.39. The van der Waals surface area contributed by atoms with Crippen LogP contribution in [0.2, 0.25) is 0 Å². The van der Waals surface area contributed by atoms with Crippen LogP contribution in [-0.4, -0.2) is 33.1 Å². The molecule has 0 aliphatic heterocycles. The lowest BCUT2D eigenvalue weighted by Crippen LogP contribution is -2.20. The minimum Gasteiger partial charge on any atom is -0.287 e. The van der Waals surface area contributed by atoms with Crippen molar-refractivity contribution >= 4 is 68.5 Å². The Hall–Kier alpha value is -4.92. The van der Waals surface area contributed by atoms with E-state index in [0.29, 0.717) is 22.7 Å². The van der Waals surface area contributed by atoms with E-state index in [2.05, 4.69) is 9.97 Å². The number of thiophene rings is 2. The first kappa shape index (κ1) is 33.6. The molecule has 0 unspecified atom stereocenters. The number of fused-ring (bicyclic) bond motifs is 3. The smallest absolute Gasteiger partial charge is 0.255 e. The fourth-order valence-corrected chi connectivity index (χ4v) is 8.96. The highest BCUT2D eigenvalue weighted by Crippen LogP contribution is 2.47. The van der Waals surface area contributed by atoms with Gasteiger partial charge in [0.15, 0.2) is 46.5 Å². The number of hydrogen-bond donors (Lipinski definition) is 0. The molecule has 6 nitrogen and oxygen atoms in total. The van der Waals surface area contributed by atoms with E-state index in [0.717, 1.165) is 34.8 Å². The second kappa shape index (κ2) is 11.9. The number of hydrogen-bond acceptors (Lipinski definition) is 10. The Labute approximate surface area is 284 Å². The summed E-state index contributed by atoms with van der Waals surface area (Å²) in [6.45, 7) is 0. The van der Waals surface area contributed by atoms with Gasteiger partial charge in [-0.05, 0) is 24.3 Å². The summed E-state index contributed by atoms with van der Waals surface area (Å²) in [6.07, 6.45) is 0. The van der Waals surface area contributed by atoms with E-state index in [1.807, 2.05) is 0 Å². The Bertz CT molecular complexity index is 2320. The van der Waals surface area contributed by atoms with Gasteiger partial charge in [-0.15, -0.1) is 45.3 Å². The first-order chi connectivity index (χ1) is 23.6. The lowest BCUT2D eigenvalue weighted by molar-refractivity contribution is 0.0810. The summed E-state index contributed by atoms with van der Waals surface area (Å²) in [7, 11) is 0. The third-order valence-electron chi connectivity index (χ3n) is 7.05. The normalized spacial score (nSPS) is 12.4. The van der Waals surface area contributed by atoms with Crippen molar-refractivity contribution < 1.29 is 63.1 Å². The SMILES string of the molecule is O=C1C(=O)c2nc(-c3ccc(C(=O)c4c(F)c(F)c(F)c(F)c4F)s3)sc2-c2sc(-c3ccc(C(=O)c4c(F)c(F)c(F)c(F)c4F)s3)nc21. The minimum absolute atomic E-state index is 0.0206. The summed E-state index contributed by atoms with van der Waals surface area (Å²) < 4.78 is 139. The maximum absolute atomic E-state index is 14.3. The summed E-state index contributed by atoms with van der Waals surface area (Å²) in [5, 5.41) is 0.0412. The summed E-state index contributed by atoms with van der Waals surface area (Å²) in [4.78, 5) is 59.4. The Morgan fingerprint density at radius 1 is 0.440 bits per heavy atom. The van der Waals surface area contributed by atoms with Crippen LogP contribution in [0, 0.1) is 58.2 Å². The van der Waals surface area contributed by atoms with E-state index in [1.54, 1.807) is 0 Å². The van der Waals surface area contributed by atoms with Crippen LogP contribution in [0.15, 0.2) is 24.3 Å². The molecule has 0 bridgehead atoms. The van der Waals surface area contributed by atoms with Gasteiger partial charge < -0.3 is 0 Å². The van der Waals surface area contributed by atoms with Gasteiger partial charge in [-0.3, -0.25) is 19.2 Å². The first-order valence-corrected chi connectivity index (χ1v) is 16.3. The van der Waals surface area contributed by atoms with E-state index >= 15 is 0 Å². The predicted molar refractivity (Wildman–Crippen MR) is 158 cm³/mol. The van der Waals surface area contributed by atoms with Gasteiger partial charge >= 0.3 is 0 Å². The van der Waals surface area contributed by atoms with E-state index in [4.69, 9.17) is 0 Å². The van der Waals surface area contributed by atoms with Crippen molar-refractivity contribution in [1.82, 2.24) is 9.97 Å². The fraction of sp³-hybridized carbons (Fsp3) is 0. The van der Waals surface area contributed by atoms with Crippen molar-refractivity contribution in [3.8, 4) is 29.5 Å². The number of carbonyl (C=O) groups excluding carboxylic acids is 4. The van der Waals surface area contributed by atoms with Crippen LogP contribution < -0.4 is 0 Å². The Balaban J connectivity index is 1.22. The molecule has 4 aromatic heterocycles. The van der Waals surface area contributed by atoms with Crippen molar-refractivity contribution in [2.24, 2.45) is 0 Å². The molecule has 1 aliphatic rings. The summed E-state index contributed by atoms with van der Waals surface area (Å²) >= 11 is 2.74. The van der Waals surface area contributed by atoms with Gasteiger partial charge in [0.05, 0.1) is 29.3 Å². The molecule has 0 amide bonds. The van der Waals surface area contributed by atoms with E-state index in [9.17, 15) is 63.1 Å². The Morgan fingerprint density at radius 2 is 0.740 bits per heavy atom. The van der Waals surface area contributed by atoms with Gasteiger partial charge in [-0.2, -0.15) is 0 Å². The molecule has 2 aromatic carbocycles. The molecule has 7 rings (SSSR count). The van der Waals surface area contributed by atoms with Crippen LogP contribution in [0.3, 0.4) is 0 Å². The number of benzene rings is 2. The third-order valence-corrected chi connectivity index (χ3v) is 11.8. The molecule has 0 N–H and O–H groups in total. The number of nitrogens with zero attached hydrogens (tertiary/aromatic N) is 2. The number of aromatic nitrogens is 2. The number of carbonyl (C=O) groups is 4. The number of ketones is 4. The lowest BCUT2D eigenvalue weighted by Gasteiger charge is -2.06. The summed E-state index contributed by atoms with van der Waals surface area (Å²) in [6, 6.07) is 4.53. The minimum atomic E-state index is -2.45. The lowest BCUT2D eigenvalue weighted by atomic mass is 10.0. The predicted octanol–water partition coefficient (Wildman–Crippen LogP) is 8.96. The van der Waals surface area contributed by atoms with Gasteiger partial charge in [0, 0.05) is 0 Å². The van der Waals surface area contributed by atoms with Crippen molar-refractivity contribution in [2.75, 3.05) is 0 Å². The molecule has 20 heteroatoms. The zero-order chi connectivity index (χ0) is 36.1. The van der Waals surface area contributed by atoms with Crippen LogP contribution in [0.4, 0.5) is 43.9 Å². The molecule has 0 atom stereocenters. The maximum atomic E-state index is 14.3. The van der Waals surface area contributed by atoms with Crippen molar-refractivity contribution in [3.05, 3.63) is 115 Å².